The molecular weight excluding hydrogens is 258 g/mol. The highest BCUT2D eigenvalue weighted by atomic mass is 28.3. The van der Waals surface area contributed by atoms with E-state index in [1.165, 1.54) is 0 Å². The number of amides is 1. The summed E-state index contributed by atoms with van der Waals surface area (Å²) in [6.07, 6.45) is 1.55. The highest BCUT2D eigenvalue weighted by Gasteiger charge is 2.39. The summed E-state index contributed by atoms with van der Waals surface area (Å²) in [6, 6.07) is 0. The molecule has 4 nitrogen and oxygen atoms in total. The van der Waals surface area contributed by atoms with Crippen LogP contribution in [0.15, 0.2) is 0 Å². The van der Waals surface area contributed by atoms with E-state index in [1.807, 2.05) is 6.42 Å². The van der Waals surface area contributed by atoms with Crippen molar-refractivity contribution >= 4 is 15.1 Å². The van der Waals surface area contributed by atoms with Gasteiger partial charge in [0.05, 0.1) is 6.61 Å². The zero-order valence-corrected chi connectivity index (χ0v) is 14.7. The summed E-state index contributed by atoms with van der Waals surface area (Å²) in [6.45, 7) is 16.8. The number of hydrogen-bond acceptors (Lipinski definition) is 3. The van der Waals surface area contributed by atoms with Gasteiger partial charge in [-0.3, -0.25) is 0 Å². The van der Waals surface area contributed by atoms with Gasteiger partial charge >= 0.3 is 6.09 Å². The first-order valence-corrected chi connectivity index (χ1v) is 9.17. The molecule has 0 aliphatic heterocycles. The van der Waals surface area contributed by atoms with E-state index < -0.39 is 9.04 Å². The number of alkyl carbamates (subject to hydrolysis) is 1. The van der Waals surface area contributed by atoms with Gasteiger partial charge in [-0.2, -0.15) is 0 Å². The van der Waals surface area contributed by atoms with Crippen molar-refractivity contribution in [1.82, 2.24) is 5.32 Å². The minimum absolute atomic E-state index is 0.218. The molecule has 1 N–H and O–H groups in total. The van der Waals surface area contributed by atoms with Crippen LogP contribution < -0.4 is 5.32 Å². The number of carbonyl (C=O) groups excluding carboxylic acids is 1. The lowest BCUT2D eigenvalue weighted by Crippen LogP contribution is -2.38. The quantitative estimate of drug-likeness (QED) is 0.578. The Hall–Kier alpha value is -0.553. The molecular formula is C14H30NO3Si. The number of ether oxygens (including phenoxy) is 1. The molecule has 1 radical (unpaired) electrons. The van der Waals surface area contributed by atoms with E-state index in [0.717, 1.165) is 0 Å². The summed E-state index contributed by atoms with van der Waals surface area (Å²) < 4.78 is 10.7. The summed E-state index contributed by atoms with van der Waals surface area (Å²) in [5, 5.41) is 2.86. The van der Waals surface area contributed by atoms with E-state index in [0.29, 0.717) is 19.8 Å². The predicted octanol–water partition coefficient (Wildman–Crippen LogP) is 3.13. The summed E-state index contributed by atoms with van der Waals surface area (Å²) in [5.74, 6) is 0. The molecule has 0 bridgehead atoms. The maximum Gasteiger partial charge on any atom is 0.407 e. The second-order valence-corrected chi connectivity index (χ2v) is 9.40. The van der Waals surface area contributed by atoms with Crippen molar-refractivity contribution in [2.24, 2.45) is 5.41 Å². The summed E-state index contributed by atoms with van der Waals surface area (Å²) >= 11 is 0. The Morgan fingerprint density at radius 2 is 1.84 bits per heavy atom. The van der Waals surface area contributed by atoms with E-state index in [-0.39, 0.29) is 16.5 Å². The summed E-state index contributed by atoms with van der Waals surface area (Å²) in [4.78, 5) is 11.0. The smallest absolute Gasteiger partial charge is 0.407 e. The average Bonchev–Trinajstić information content (AvgIpc) is 2.27. The van der Waals surface area contributed by atoms with Gasteiger partial charge in [0.1, 0.15) is 0 Å². The second kappa shape index (κ2) is 7.90. The molecule has 19 heavy (non-hydrogen) atoms. The van der Waals surface area contributed by atoms with Crippen molar-refractivity contribution in [3.63, 3.8) is 0 Å². The van der Waals surface area contributed by atoms with Gasteiger partial charge < -0.3 is 14.5 Å². The number of rotatable bonds is 7. The van der Waals surface area contributed by atoms with Gasteiger partial charge in [0.25, 0.3) is 0 Å². The molecule has 113 valence electrons. The molecule has 0 aromatic heterocycles. The Kier molecular flexibility index (Phi) is 7.67. The van der Waals surface area contributed by atoms with E-state index in [4.69, 9.17) is 9.16 Å². The van der Waals surface area contributed by atoms with Crippen LogP contribution >= 0.6 is 0 Å². The first-order chi connectivity index (χ1) is 8.63. The zero-order valence-electron chi connectivity index (χ0n) is 13.5. The topological polar surface area (TPSA) is 47.6 Å². The molecule has 0 aliphatic carbocycles. The monoisotopic (exact) mass is 288 g/mol. The molecule has 0 fully saturated rings. The summed E-state index contributed by atoms with van der Waals surface area (Å²) in [5.41, 5.74) is 0.238. The molecule has 0 aromatic rings. The number of hydrogen-bond donors (Lipinski definition) is 1. The Balaban J connectivity index is 3.87. The molecule has 0 rings (SSSR count). The molecule has 5 heteroatoms. The lowest BCUT2D eigenvalue weighted by Gasteiger charge is -2.42. The molecule has 0 saturated carbocycles. The lowest BCUT2D eigenvalue weighted by molar-refractivity contribution is 0.152. The van der Waals surface area contributed by atoms with E-state index in [9.17, 15) is 4.79 Å². The van der Waals surface area contributed by atoms with Crippen molar-refractivity contribution < 1.29 is 14.0 Å². The standard InChI is InChI=1S/C14H30NO3Si/c1-8-17-12(16)15-10-9-11-18-19(7)14(5,6)13(2,3)4/h9,19H,8,10-11H2,1-7H3,(H,15,16). The first kappa shape index (κ1) is 18.4. The van der Waals surface area contributed by atoms with Crippen molar-refractivity contribution in [2.75, 3.05) is 19.8 Å². The molecule has 0 saturated heterocycles. The molecule has 1 atom stereocenters. The van der Waals surface area contributed by atoms with Crippen LogP contribution in [-0.4, -0.2) is 34.9 Å². The Morgan fingerprint density at radius 1 is 1.26 bits per heavy atom. The van der Waals surface area contributed by atoms with E-state index in [2.05, 4.69) is 46.5 Å². The molecule has 0 heterocycles. The van der Waals surface area contributed by atoms with Crippen LogP contribution in [0.1, 0.15) is 41.5 Å². The first-order valence-electron chi connectivity index (χ1n) is 6.96. The van der Waals surface area contributed by atoms with Gasteiger partial charge in [0.2, 0.25) is 0 Å². The fraction of sp³-hybridized carbons (Fsp3) is 0.857. The molecule has 0 spiro atoms. The van der Waals surface area contributed by atoms with E-state index >= 15 is 0 Å². The Labute approximate surface area is 120 Å². The van der Waals surface area contributed by atoms with Crippen LogP contribution in [0.4, 0.5) is 4.79 Å². The SMILES string of the molecule is CCOC(=O)NC[CH]CO[SiH](C)C(C)(C)C(C)(C)C. The third-order valence-electron chi connectivity index (χ3n) is 4.08. The van der Waals surface area contributed by atoms with Crippen molar-refractivity contribution in [1.29, 1.82) is 0 Å². The number of nitrogens with one attached hydrogen (secondary N) is 1. The lowest BCUT2D eigenvalue weighted by atomic mass is 9.82. The van der Waals surface area contributed by atoms with Gasteiger partial charge in [-0.15, -0.1) is 0 Å². The highest BCUT2D eigenvalue weighted by molar-refractivity contribution is 6.54. The van der Waals surface area contributed by atoms with Crippen molar-refractivity contribution in [2.45, 2.75) is 53.1 Å². The molecule has 0 aromatic carbocycles. The van der Waals surface area contributed by atoms with Gasteiger partial charge in [-0.25, -0.2) is 4.79 Å². The van der Waals surface area contributed by atoms with Crippen molar-refractivity contribution in [3.8, 4) is 0 Å². The third kappa shape index (κ3) is 6.43. The van der Waals surface area contributed by atoms with Gasteiger partial charge in [-0.05, 0) is 23.9 Å². The maximum absolute atomic E-state index is 11.0. The van der Waals surface area contributed by atoms with Crippen LogP contribution in [-0.2, 0) is 9.16 Å². The largest absolute Gasteiger partial charge is 0.450 e. The third-order valence-corrected chi connectivity index (χ3v) is 7.67. The number of carbonyl (C=O) groups is 1. The molecule has 1 amide bonds. The fourth-order valence-corrected chi connectivity index (χ4v) is 3.49. The van der Waals surface area contributed by atoms with Crippen LogP contribution in [0.25, 0.3) is 0 Å². The van der Waals surface area contributed by atoms with Crippen LogP contribution in [0.5, 0.6) is 0 Å². The van der Waals surface area contributed by atoms with Gasteiger partial charge in [-0.1, -0.05) is 34.6 Å². The zero-order chi connectivity index (χ0) is 15.1. The molecule has 1 unspecified atom stereocenters. The summed E-state index contributed by atoms with van der Waals surface area (Å²) in [7, 11) is -1.29. The van der Waals surface area contributed by atoms with Gasteiger partial charge in [0.15, 0.2) is 9.04 Å². The molecule has 0 aliphatic rings. The highest BCUT2D eigenvalue weighted by Crippen LogP contribution is 2.47. The minimum atomic E-state index is -1.29. The Morgan fingerprint density at radius 3 is 2.32 bits per heavy atom. The predicted molar refractivity (Wildman–Crippen MR) is 81.8 cm³/mol. The average molecular weight is 288 g/mol. The van der Waals surface area contributed by atoms with Gasteiger partial charge in [0, 0.05) is 19.6 Å². The van der Waals surface area contributed by atoms with E-state index in [1.54, 1.807) is 6.92 Å². The normalized spacial score (nSPS) is 14.1. The van der Waals surface area contributed by atoms with Crippen LogP contribution in [0.3, 0.4) is 0 Å². The fourth-order valence-electron chi connectivity index (χ4n) is 1.43. The van der Waals surface area contributed by atoms with Crippen LogP contribution in [0, 0.1) is 11.8 Å². The minimum Gasteiger partial charge on any atom is -0.450 e. The second-order valence-electron chi connectivity index (χ2n) is 6.34. The maximum atomic E-state index is 11.0. The van der Waals surface area contributed by atoms with Crippen molar-refractivity contribution in [3.05, 3.63) is 6.42 Å². The Bertz CT molecular complexity index is 274. The van der Waals surface area contributed by atoms with Crippen LogP contribution in [0.2, 0.25) is 11.6 Å².